The summed E-state index contributed by atoms with van der Waals surface area (Å²) in [7, 11) is 1.32. The fourth-order valence-corrected chi connectivity index (χ4v) is 1.79. The normalized spacial score (nSPS) is 13.8. The molecular formula is C4H10ClNO2S. The van der Waals surface area contributed by atoms with Crippen LogP contribution in [0.2, 0.25) is 0 Å². The maximum atomic E-state index is 10.3. The molecule has 0 aromatic heterocycles. The van der Waals surface area contributed by atoms with Crippen LogP contribution in [0, 0.1) is 0 Å². The molecule has 0 heterocycles. The van der Waals surface area contributed by atoms with Crippen LogP contribution in [0.1, 0.15) is 20.8 Å². The molecule has 0 saturated carbocycles. The van der Waals surface area contributed by atoms with Crippen molar-refractivity contribution in [3.05, 3.63) is 0 Å². The summed E-state index contributed by atoms with van der Waals surface area (Å²) in [5.74, 6) is 0. The van der Waals surface area contributed by atoms with Crippen LogP contribution in [0.3, 0.4) is 0 Å². The predicted octanol–water partition coefficient (Wildman–Crippen LogP) is 0.858. The summed E-state index contributed by atoms with van der Waals surface area (Å²) in [6.45, 7) is 5.15. The van der Waals surface area contributed by atoms with Crippen molar-refractivity contribution in [1.29, 1.82) is 0 Å². The second kappa shape index (κ2) is 2.44. The van der Waals surface area contributed by atoms with Gasteiger partial charge in [0.25, 0.3) is 9.24 Å². The highest BCUT2D eigenvalue weighted by Crippen LogP contribution is 2.03. The minimum absolute atomic E-state index is 0.486. The van der Waals surface area contributed by atoms with Crippen LogP contribution in [0.5, 0.6) is 0 Å². The summed E-state index contributed by atoms with van der Waals surface area (Å²) in [6, 6.07) is 0. The highest BCUT2D eigenvalue weighted by Gasteiger charge is 2.16. The first-order valence-corrected chi connectivity index (χ1v) is 4.75. The molecule has 5 heteroatoms. The van der Waals surface area contributed by atoms with Crippen molar-refractivity contribution in [1.82, 2.24) is 4.72 Å². The SMILES string of the molecule is CC(C)(C)NS(=O)(=O)Cl. The topological polar surface area (TPSA) is 46.2 Å². The van der Waals surface area contributed by atoms with Gasteiger partial charge in [0.1, 0.15) is 0 Å². The van der Waals surface area contributed by atoms with Crippen LogP contribution in [-0.2, 0) is 9.24 Å². The third-order valence-corrected chi connectivity index (χ3v) is 1.52. The quantitative estimate of drug-likeness (QED) is 0.595. The Balaban J connectivity index is 4.07. The first-order valence-electron chi connectivity index (χ1n) is 2.44. The summed E-state index contributed by atoms with van der Waals surface area (Å²) >= 11 is 0. The van der Waals surface area contributed by atoms with E-state index in [1.165, 1.54) is 0 Å². The van der Waals surface area contributed by atoms with Gasteiger partial charge in [0.2, 0.25) is 0 Å². The Hall–Kier alpha value is 0.200. The van der Waals surface area contributed by atoms with E-state index in [2.05, 4.69) is 4.72 Å². The van der Waals surface area contributed by atoms with E-state index in [1.54, 1.807) is 20.8 Å². The Labute approximate surface area is 60.0 Å². The van der Waals surface area contributed by atoms with E-state index in [1.807, 2.05) is 0 Å². The molecule has 0 aromatic rings. The van der Waals surface area contributed by atoms with Crippen molar-refractivity contribution >= 4 is 19.9 Å². The second-order valence-electron chi connectivity index (χ2n) is 2.79. The highest BCUT2D eigenvalue weighted by molar-refractivity contribution is 8.12. The van der Waals surface area contributed by atoms with Gasteiger partial charge in [-0.15, -0.1) is 0 Å². The number of hydrogen-bond donors (Lipinski definition) is 1. The van der Waals surface area contributed by atoms with Gasteiger partial charge in [0, 0.05) is 16.2 Å². The summed E-state index contributed by atoms with van der Waals surface area (Å²) in [5.41, 5.74) is -0.486. The summed E-state index contributed by atoms with van der Waals surface area (Å²) in [5, 5.41) is 0. The molecule has 0 amide bonds. The van der Waals surface area contributed by atoms with Gasteiger partial charge in [-0.05, 0) is 20.8 Å². The molecule has 1 N–H and O–H groups in total. The average molecular weight is 172 g/mol. The number of nitrogens with one attached hydrogen (secondary N) is 1. The summed E-state index contributed by atoms with van der Waals surface area (Å²) in [6.07, 6.45) is 0. The lowest BCUT2D eigenvalue weighted by molar-refractivity contribution is 0.500. The second-order valence-corrected chi connectivity index (χ2v) is 5.09. The Kier molecular flexibility index (Phi) is 2.49. The van der Waals surface area contributed by atoms with Crippen LogP contribution in [0.15, 0.2) is 0 Å². The molecule has 9 heavy (non-hydrogen) atoms. The molecule has 0 radical (unpaired) electrons. The van der Waals surface area contributed by atoms with Crippen molar-refractivity contribution in [2.24, 2.45) is 0 Å². The van der Waals surface area contributed by atoms with Crippen LogP contribution in [-0.4, -0.2) is 14.0 Å². The predicted molar refractivity (Wildman–Crippen MR) is 37.7 cm³/mol. The Morgan fingerprint density at radius 2 is 1.67 bits per heavy atom. The first kappa shape index (κ1) is 9.20. The van der Waals surface area contributed by atoms with Gasteiger partial charge >= 0.3 is 0 Å². The lowest BCUT2D eigenvalue weighted by Crippen LogP contribution is -2.37. The third kappa shape index (κ3) is 8.20. The van der Waals surface area contributed by atoms with Gasteiger partial charge < -0.3 is 0 Å². The van der Waals surface area contributed by atoms with E-state index < -0.39 is 14.8 Å². The third-order valence-electron chi connectivity index (χ3n) is 0.428. The molecule has 0 aliphatic heterocycles. The Morgan fingerprint density at radius 1 is 1.33 bits per heavy atom. The zero-order chi connectivity index (χ0) is 7.71. The van der Waals surface area contributed by atoms with Crippen molar-refractivity contribution in [2.45, 2.75) is 26.3 Å². The van der Waals surface area contributed by atoms with E-state index in [0.717, 1.165) is 0 Å². The monoisotopic (exact) mass is 171 g/mol. The van der Waals surface area contributed by atoms with E-state index in [4.69, 9.17) is 10.7 Å². The number of halogens is 1. The van der Waals surface area contributed by atoms with Gasteiger partial charge in [-0.2, -0.15) is 13.1 Å². The zero-order valence-electron chi connectivity index (χ0n) is 5.60. The molecule has 0 aliphatic rings. The summed E-state index contributed by atoms with van der Waals surface area (Å²) in [4.78, 5) is 0. The van der Waals surface area contributed by atoms with Crippen LogP contribution in [0.25, 0.3) is 0 Å². The van der Waals surface area contributed by atoms with Crippen molar-refractivity contribution in [3.8, 4) is 0 Å². The molecular weight excluding hydrogens is 162 g/mol. The van der Waals surface area contributed by atoms with E-state index in [0.29, 0.717) is 0 Å². The fraction of sp³-hybridized carbons (Fsp3) is 1.00. The van der Waals surface area contributed by atoms with E-state index in [9.17, 15) is 8.42 Å². The van der Waals surface area contributed by atoms with E-state index in [-0.39, 0.29) is 0 Å². The minimum Gasteiger partial charge on any atom is -0.197 e. The van der Waals surface area contributed by atoms with Crippen LogP contribution >= 0.6 is 10.7 Å². The first-order chi connectivity index (χ1) is 3.71. The molecule has 0 unspecified atom stereocenters. The van der Waals surface area contributed by atoms with Gasteiger partial charge in [0.05, 0.1) is 0 Å². The molecule has 56 valence electrons. The molecule has 0 aromatic carbocycles. The molecule has 0 aliphatic carbocycles. The van der Waals surface area contributed by atoms with Crippen molar-refractivity contribution in [2.75, 3.05) is 0 Å². The lowest BCUT2D eigenvalue weighted by Gasteiger charge is -2.16. The molecule has 3 nitrogen and oxygen atoms in total. The molecule has 0 rings (SSSR count). The highest BCUT2D eigenvalue weighted by atomic mass is 35.7. The smallest absolute Gasteiger partial charge is 0.197 e. The number of rotatable bonds is 1. The molecule has 0 spiro atoms. The Bertz CT molecular complexity index is 179. The van der Waals surface area contributed by atoms with Gasteiger partial charge in [-0.3, -0.25) is 0 Å². The van der Waals surface area contributed by atoms with Gasteiger partial charge in [0.15, 0.2) is 0 Å². The van der Waals surface area contributed by atoms with Crippen LogP contribution < -0.4 is 4.72 Å². The van der Waals surface area contributed by atoms with Crippen molar-refractivity contribution < 1.29 is 8.42 Å². The largest absolute Gasteiger partial charge is 0.297 e. The molecule has 0 atom stereocenters. The molecule has 0 bridgehead atoms. The Morgan fingerprint density at radius 3 is 1.67 bits per heavy atom. The number of hydrogen-bond acceptors (Lipinski definition) is 2. The van der Waals surface area contributed by atoms with Crippen LogP contribution in [0.4, 0.5) is 0 Å². The fourth-order valence-electron chi connectivity index (χ4n) is 0.366. The molecule has 0 fully saturated rings. The standard InChI is InChI=1S/C4H10ClNO2S/c1-4(2,3)6-9(5,7)8/h6H,1-3H3. The van der Waals surface area contributed by atoms with Gasteiger partial charge in [-0.25, -0.2) is 0 Å². The minimum atomic E-state index is -3.56. The summed E-state index contributed by atoms with van der Waals surface area (Å²) < 4.78 is 22.8. The average Bonchev–Trinajstić information content (AvgIpc) is 1.14. The zero-order valence-corrected chi connectivity index (χ0v) is 7.18. The maximum Gasteiger partial charge on any atom is 0.297 e. The van der Waals surface area contributed by atoms with Crippen molar-refractivity contribution in [3.63, 3.8) is 0 Å². The lowest BCUT2D eigenvalue weighted by atomic mass is 10.1. The maximum absolute atomic E-state index is 10.3. The molecule has 0 saturated heterocycles. The van der Waals surface area contributed by atoms with Gasteiger partial charge in [-0.1, -0.05) is 0 Å². The van der Waals surface area contributed by atoms with E-state index >= 15 is 0 Å².